The van der Waals surface area contributed by atoms with Crippen molar-refractivity contribution < 1.29 is 14.2 Å². The Morgan fingerprint density at radius 1 is 1.24 bits per heavy atom. The van der Waals surface area contributed by atoms with Crippen LogP contribution in [0.2, 0.25) is 0 Å². The van der Waals surface area contributed by atoms with Gasteiger partial charge < -0.3 is 15.2 Å². The fourth-order valence-corrected chi connectivity index (χ4v) is 1.72. The highest BCUT2D eigenvalue weighted by atomic mass is 19.1. The van der Waals surface area contributed by atoms with Crippen LogP contribution in [0.5, 0.6) is 5.75 Å². The van der Waals surface area contributed by atoms with Crippen molar-refractivity contribution in [2.45, 2.75) is 6.10 Å². The van der Waals surface area contributed by atoms with Gasteiger partial charge in [-0.3, -0.25) is 0 Å². The maximum absolute atomic E-state index is 13.6. The first-order valence-corrected chi connectivity index (χ1v) is 6.48. The first-order chi connectivity index (χ1) is 10.2. The maximum atomic E-state index is 13.6. The molecule has 0 fully saturated rings. The standard InChI is InChI=1S/C16H15FN2O2/c17-15-8-12(9-18)6-7-16(15)19-10-13(20)11-21-14-4-2-1-3-5-14/h1-8,13,19-20H,10-11H2. The van der Waals surface area contributed by atoms with Gasteiger partial charge in [0.05, 0.1) is 17.3 Å². The lowest BCUT2D eigenvalue weighted by molar-refractivity contribution is 0.117. The molecule has 108 valence electrons. The van der Waals surface area contributed by atoms with Gasteiger partial charge in [0.15, 0.2) is 0 Å². The van der Waals surface area contributed by atoms with Crippen LogP contribution in [0.25, 0.3) is 0 Å². The summed E-state index contributed by atoms with van der Waals surface area (Å²) in [5, 5.41) is 21.2. The Morgan fingerprint density at radius 2 is 2.00 bits per heavy atom. The van der Waals surface area contributed by atoms with Crippen molar-refractivity contribution in [1.82, 2.24) is 0 Å². The smallest absolute Gasteiger partial charge is 0.147 e. The van der Waals surface area contributed by atoms with Gasteiger partial charge >= 0.3 is 0 Å². The second-order valence-electron chi connectivity index (χ2n) is 4.47. The minimum atomic E-state index is -0.778. The zero-order valence-electron chi connectivity index (χ0n) is 11.3. The molecule has 2 aromatic rings. The van der Waals surface area contributed by atoms with E-state index in [0.717, 1.165) is 6.07 Å². The number of benzene rings is 2. The largest absolute Gasteiger partial charge is 0.491 e. The number of ether oxygens (including phenoxy) is 1. The number of halogens is 1. The summed E-state index contributed by atoms with van der Waals surface area (Å²) >= 11 is 0. The Kier molecular flexibility index (Phi) is 5.13. The Balaban J connectivity index is 1.81. The van der Waals surface area contributed by atoms with Crippen LogP contribution in [0.4, 0.5) is 10.1 Å². The Bertz CT molecular complexity index is 626. The molecule has 0 aliphatic heterocycles. The van der Waals surface area contributed by atoms with E-state index in [1.165, 1.54) is 12.1 Å². The molecule has 0 saturated carbocycles. The van der Waals surface area contributed by atoms with Gasteiger partial charge in [-0.15, -0.1) is 0 Å². The van der Waals surface area contributed by atoms with Crippen molar-refractivity contribution in [3.05, 3.63) is 59.9 Å². The summed E-state index contributed by atoms with van der Waals surface area (Å²) in [6.45, 7) is 0.255. The molecule has 2 N–H and O–H groups in total. The van der Waals surface area contributed by atoms with Crippen molar-refractivity contribution in [3.63, 3.8) is 0 Å². The summed E-state index contributed by atoms with van der Waals surface area (Å²) in [4.78, 5) is 0. The van der Waals surface area contributed by atoms with Crippen LogP contribution >= 0.6 is 0 Å². The lowest BCUT2D eigenvalue weighted by atomic mass is 10.2. The third kappa shape index (κ3) is 4.48. The van der Waals surface area contributed by atoms with Crippen molar-refractivity contribution in [1.29, 1.82) is 5.26 Å². The molecule has 1 atom stereocenters. The Hall–Kier alpha value is -2.58. The molecule has 0 heterocycles. The predicted octanol–water partition coefficient (Wildman–Crippen LogP) is 2.55. The number of hydrogen-bond acceptors (Lipinski definition) is 4. The zero-order valence-corrected chi connectivity index (χ0v) is 11.3. The summed E-state index contributed by atoms with van der Waals surface area (Å²) in [6.07, 6.45) is -0.778. The van der Waals surface area contributed by atoms with Crippen LogP contribution in [-0.4, -0.2) is 24.4 Å². The molecule has 0 radical (unpaired) electrons. The SMILES string of the molecule is N#Cc1ccc(NCC(O)COc2ccccc2)c(F)c1. The summed E-state index contributed by atoms with van der Waals surface area (Å²) in [5.41, 5.74) is 0.499. The molecule has 1 unspecified atom stereocenters. The number of aliphatic hydroxyl groups is 1. The van der Waals surface area contributed by atoms with Crippen LogP contribution in [0, 0.1) is 17.1 Å². The van der Waals surface area contributed by atoms with E-state index in [9.17, 15) is 9.50 Å². The van der Waals surface area contributed by atoms with E-state index in [4.69, 9.17) is 10.00 Å². The molecular formula is C16H15FN2O2. The van der Waals surface area contributed by atoms with Crippen molar-refractivity contribution in [2.24, 2.45) is 0 Å². The Labute approximate surface area is 122 Å². The van der Waals surface area contributed by atoms with E-state index < -0.39 is 11.9 Å². The average molecular weight is 286 g/mol. The molecule has 0 aromatic heterocycles. The molecule has 4 nitrogen and oxygen atoms in total. The summed E-state index contributed by atoms with van der Waals surface area (Å²) in [5.74, 6) is 0.145. The normalized spacial score (nSPS) is 11.5. The number of rotatable bonds is 6. The molecule has 5 heteroatoms. The van der Waals surface area contributed by atoms with Gasteiger partial charge in [0, 0.05) is 6.54 Å². The molecule has 0 aliphatic carbocycles. The quantitative estimate of drug-likeness (QED) is 0.856. The lowest BCUT2D eigenvalue weighted by Crippen LogP contribution is -2.26. The first-order valence-electron chi connectivity index (χ1n) is 6.48. The molecule has 2 aromatic carbocycles. The number of para-hydroxylation sites is 1. The number of aliphatic hydroxyl groups excluding tert-OH is 1. The number of anilines is 1. The van der Waals surface area contributed by atoms with E-state index >= 15 is 0 Å². The molecule has 0 bridgehead atoms. The van der Waals surface area contributed by atoms with E-state index in [-0.39, 0.29) is 24.4 Å². The maximum Gasteiger partial charge on any atom is 0.147 e. The monoisotopic (exact) mass is 286 g/mol. The summed E-state index contributed by atoms with van der Waals surface area (Å²) in [6, 6.07) is 15.1. The molecular weight excluding hydrogens is 271 g/mol. The second-order valence-corrected chi connectivity index (χ2v) is 4.47. The first kappa shape index (κ1) is 14.8. The topological polar surface area (TPSA) is 65.3 Å². The van der Waals surface area contributed by atoms with Gasteiger partial charge in [0.1, 0.15) is 24.3 Å². The minimum Gasteiger partial charge on any atom is -0.491 e. The average Bonchev–Trinajstić information content (AvgIpc) is 2.52. The van der Waals surface area contributed by atoms with Gasteiger partial charge in [0.25, 0.3) is 0 Å². The summed E-state index contributed by atoms with van der Waals surface area (Å²) in [7, 11) is 0. The highest BCUT2D eigenvalue weighted by Gasteiger charge is 2.08. The van der Waals surface area contributed by atoms with Crippen LogP contribution < -0.4 is 10.1 Å². The second kappa shape index (κ2) is 7.27. The third-order valence-corrected chi connectivity index (χ3v) is 2.81. The van der Waals surface area contributed by atoms with E-state index in [2.05, 4.69) is 5.32 Å². The Morgan fingerprint density at radius 3 is 2.67 bits per heavy atom. The van der Waals surface area contributed by atoms with Crippen LogP contribution in [0.3, 0.4) is 0 Å². The van der Waals surface area contributed by atoms with Gasteiger partial charge in [-0.05, 0) is 30.3 Å². The highest BCUT2D eigenvalue weighted by molar-refractivity contribution is 5.48. The summed E-state index contributed by atoms with van der Waals surface area (Å²) < 4.78 is 19.0. The molecule has 0 amide bonds. The molecule has 0 spiro atoms. The van der Waals surface area contributed by atoms with E-state index in [0.29, 0.717) is 5.75 Å². The van der Waals surface area contributed by atoms with Crippen LogP contribution in [0.15, 0.2) is 48.5 Å². The van der Waals surface area contributed by atoms with Crippen LogP contribution in [0.1, 0.15) is 5.56 Å². The predicted molar refractivity (Wildman–Crippen MR) is 77.5 cm³/mol. The number of nitrogens with zero attached hydrogens (tertiary/aromatic N) is 1. The number of hydrogen-bond donors (Lipinski definition) is 2. The fourth-order valence-electron chi connectivity index (χ4n) is 1.72. The molecule has 0 aliphatic rings. The van der Waals surface area contributed by atoms with Crippen LogP contribution in [-0.2, 0) is 0 Å². The van der Waals surface area contributed by atoms with E-state index in [1.807, 2.05) is 24.3 Å². The van der Waals surface area contributed by atoms with Gasteiger partial charge in [0.2, 0.25) is 0 Å². The number of nitrogens with one attached hydrogen (secondary N) is 1. The third-order valence-electron chi connectivity index (χ3n) is 2.81. The van der Waals surface area contributed by atoms with Crippen molar-refractivity contribution >= 4 is 5.69 Å². The van der Waals surface area contributed by atoms with E-state index in [1.54, 1.807) is 12.1 Å². The zero-order chi connectivity index (χ0) is 15.1. The molecule has 21 heavy (non-hydrogen) atoms. The number of nitriles is 1. The molecule has 0 saturated heterocycles. The van der Waals surface area contributed by atoms with Gasteiger partial charge in [-0.1, -0.05) is 18.2 Å². The highest BCUT2D eigenvalue weighted by Crippen LogP contribution is 2.15. The minimum absolute atomic E-state index is 0.106. The van der Waals surface area contributed by atoms with Gasteiger partial charge in [-0.25, -0.2) is 4.39 Å². The lowest BCUT2D eigenvalue weighted by Gasteiger charge is -2.14. The fraction of sp³-hybridized carbons (Fsp3) is 0.188. The van der Waals surface area contributed by atoms with Gasteiger partial charge in [-0.2, -0.15) is 5.26 Å². The van der Waals surface area contributed by atoms with Crippen molar-refractivity contribution in [2.75, 3.05) is 18.5 Å². The molecule has 2 rings (SSSR count). The van der Waals surface area contributed by atoms with Crippen molar-refractivity contribution in [3.8, 4) is 11.8 Å².